The normalized spacial score (nSPS) is 17.1. The monoisotopic (exact) mass is 497 g/mol. The first-order valence-corrected chi connectivity index (χ1v) is 10.0. The van der Waals surface area contributed by atoms with Gasteiger partial charge >= 0.3 is 0 Å². The van der Waals surface area contributed by atoms with Crippen molar-refractivity contribution in [3.63, 3.8) is 0 Å². The molecule has 1 saturated heterocycles. The third-order valence-electron chi connectivity index (χ3n) is 4.85. The summed E-state index contributed by atoms with van der Waals surface area (Å²) in [5.41, 5.74) is 1.30. The lowest BCUT2D eigenvalue weighted by Crippen LogP contribution is -2.51. The number of para-hydroxylation sites is 1. The van der Waals surface area contributed by atoms with Gasteiger partial charge in [-0.05, 0) is 31.9 Å². The first-order valence-electron chi connectivity index (χ1n) is 10.0. The van der Waals surface area contributed by atoms with E-state index in [4.69, 9.17) is 4.99 Å². The van der Waals surface area contributed by atoms with E-state index in [1.807, 2.05) is 0 Å². The lowest BCUT2D eigenvalue weighted by atomic mass is 10.1. The molecule has 7 nitrogen and oxygen atoms in total. The number of aromatic nitrogens is 3. The van der Waals surface area contributed by atoms with Crippen LogP contribution >= 0.6 is 24.0 Å². The van der Waals surface area contributed by atoms with Crippen molar-refractivity contribution in [2.45, 2.75) is 45.7 Å². The molecule has 1 aliphatic heterocycles. The zero-order valence-corrected chi connectivity index (χ0v) is 19.2. The highest BCUT2D eigenvalue weighted by molar-refractivity contribution is 14.0. The topological polar surface area (TPSA) is 70.4 Å². The van der Waals surface area contributed by atoms with Crippen LogP contribution in [0.4, 0.5) is 5.69 Å². The van der Waals surface area contributed by atoms with Crippen LogP contribution in [0.3, 0.4) is 0 Å². The summed E-state index contributed by atoms with van der Waals surface area (Å²) in [6, 6.07) is 11.1. The quantitative estimate of drug-likeness (QED) is 0.350. The van der Waals surface area contributed by atoms with Gasteiger partial charge in [0.1, 0.15) is 12.2 Å². The van der Waals surface area contributed by atoms with Crippen LogP contribution < -0.4 is 15.5 Å². The van der Waals surface area contributed by atoms with Gasteiger partial charge in [0.2, 0.25) is 0 Å². The molecule has 1 fully saturated rings. The van der Waals surface area contributed by atoms with Gasteiger partial charge in [0, 0.05) is 44.3 Å². The van der Waals surface area contributed by atoms with E-state index in [1.54, 1.807) is 6.33 Å². The Morgan fingerprint density at radius 1 is 1.25 bits per heavy atom. The van der Waals surface area contributed by atoms with E-state index in [0.717, 1.165) is 44.4 Å². The summed E-state index contributed by atoms with van der Waals surface area (Å²) in [4.78, 5) is 7.21. The van der Waals surface area contributed by atoms with Gasteiger partial charge in [0.25, 0.3) is 0 Å². The Bertz CT molecular complexity index is 716. The van der Waals surface area contributed by atoms with Crippen molar-refractivity contribution in [1.29, 1.82) is 0 Å². The van der Waals surface area contributed by atoms with Gasteiger partial charge in [0.15, 0.2) is 5.96 Å². The van der Waals surface area contributed by atoms with Crippen LogP contribution in [-0.2, 0) is 13.0 Å². The van der Waals surface area contributed by atoms with Crippen LogP contribution in [0.25, 0.3) is 0 Å². The van der Waals surface area contributed by atoms with Crippen molar-refractivity contribution < 1.29 is 0 Å². The van der Waals surface area contributed by atoms with Crippen molar-refractivity contribution in [3.8, 4) is 0 Å². The summed E-state index contributed by atoms with van der Waals surface area (Å²) in [6.07, 6.45) is 5.03. The van der Waals surface area contributed by atoms with Crippen molar-refractivity contribution in [1.82, 2.24) is 25.4 Å². The summed E-state index contributed by atoms with van der Waals surface area (Å²) in [5.74, 6) is 1.90. The molecule has 2 heterocycles. The van der Waals surface area contributed by atoms with Gasteiger partial charge in [-0.3, -0.25) is 4.99 Å². The zero-order valence-electron chi connectivity index (χ0n) is 16.8. The van der Waals surface area contributed by atoms with Crippen LogP contribution in [0.1, 0.15) is 32.5 Å². The molecule has 0 saturated carbocycles. The number of halogens is 1. The average molecular weight is 497 g/mol. The molecule has 154 valence electrons. The lowest BCUT2D eigenvalue weighted by Gasteiger charge is -2.35. The summed E-state index contributed by atoms with van der Waals surface area (Å²) >= 11 is 0. The molecule has 0 radical (unpaired) electrons. The van der Waals surface area contributed by atoms with E-state index in [0.29, 0.717) is 12.6 Å². The molecule has 0 amide bonds. The molecule has 3 rings (SSSR count). The molecule has 0 spiro atoms. The largest absolute Gasteiger partial charge is 0.369 e. The number of benzene rings is 1. The Balaban J connectivity index is 0.00000280. The molecule has 0 bridgehead atoms. The Morgan fingerprint density at radius 2 is 2.07 bits per heavy atom. The van der Waals surface area contributed by atoms with E-state index in [9.17, 15) is 0 Å². The van der Waals surface area contributed by atoms with Crippen LogP contribution in [-0.4, -0.2) is 52.9 Å². The van der Waals surface area contributed by atoms with Crippen LogP contribution in [0.15, 0.2) is 41.7 Å². The minimum Gasteiger partial charge on any atom is -0.369 e. The van der Waals surface area contributed by atoms with E-state index in [1.165, 1.54) is 18.5 Å². The Hall–Kier alpha value is -1.84. The predicted octanol–water partition coefficient (Wildman–Crippen LogP) is 2.68. The average Bonchev–Trinajstić information content (AvgIpc) is 3.16. The first kappa shape index (κ1) is 22.4. The summed E-state index contributed by atoms with van der Waals surface area (Å²) < 4.78 is 2.07. The minimum atomic E-state index is 0. The number of aliphatic imine (C=N–C) groups is 1. The number of nitrogens with one attached hydrogen (secondary N) is 2. The van der Waals surface area contributed by atoms with Crippen molar-refractivity contribution in [3.05, 3.63) is 42.5 Å². The fraction of sp³-hybridized carbons (Fsp3) is 0.550. The number of anilines is 1. The Labute approximate surface area is 185 Å². The third-order valence-corrected chi connectivity index (χ3v) is 4.85. The van der Waals surface area contributed by atoms with Gasteiger partial charge in [0.05, 0.1) is 6.54 Å². The number of aryl methyl sites for hydroxylation is 1. The lowest BCUT2D eigenvalue weighted by molar-refractivity contribution is 0.468. The standard InChI is InChI=1S/C20H31N7.HI/c1-3-19-25-23-16-27(19)14-12-22-20(21-4-2)24-17-9-8-13-26(15-17)18-10-6-5-7-11-18;/h5-7,10-11,16-17H,3-4,8-9,12-15H2,1-2H3,(H2,21,22,24);1H. The number of nitrogens with zero attached hydrogens (tertiary/aromatic N) is 5. The van der Waals surface area contributed by atoms with Gasteiger partial charge in [-0.2, -0.15) is 0 Å². The predicted molar refractivity (Wildman–Crippen MR) is 126 cm³/mol. The first-order chi connectivity index (χ1) is 13.3. The summed E-state index contributed by atoms with van der Waals surface area (Å²) in [7, 11) is 0. The zero-order chi connectivity index (χ0) is 18.9. The third kappa shape index (κ3) is 6.35. The summed E-state index contributed by atoms with van der Waals surface area (Å²) in [6.45, 7) is 8.67. The molecular formula is C20H32IN7. The fourth-order valence-electron chi connectivity index (χ4n) is 3.49. The number of piperidine rings is 1. The SMILES string of the molecule is CCNC(=NCCn1cnnc1CC)NC1CCCN(c2ccccc2)C1.I. The molecule has 0 aliphatic carbocycles. The van der Waals surface area contributed by atoms with E-state index in [-0.39, 0.29) is 24.0 Å². The van der Waals surface area contributed by atoms with E-state index < -0.39 is 0 Å². The van der Waals surface area contributed by atoms with Crippen LogP contribution in [0.2, 0.25) is 0 Å². The molecule has 1 atom stereocenters. The van der Waals surface area contributed by atoms with Gasteiger partial charge < -0.3 is 20.1 Å². The summed E-state index contributed by atoms with van der Waals surface area (Å²) in [5, 5.41) is 15.1. The number of hydrogen-bond acceptors (Lipinski definition) is 4. The van der Waals surface area contributed by atoms with Gasteiger partial charge in [-0.25, -0.2) is 0 Å². The molecule has 1 aliphatic rings. The highest BCUT2D eigenvalue weighted by atomic mass is 127. The second-order valence-corrected chi connectivity index (χ2v) is 6.82. The molecule has 1 unspecified atom stereocenters. The molecule has 8 heteroatoms. The maximum absolute atomic E-state index is 4.76. The molecular weight excluding hydrogens is 465 g/mol. The molecule has 2 aromatic rings. The maximum atomic E-state index is 4.76. The number of rotatable bonds is 7. The van der Waals surface area contributed by atoms with E-state index in [2.05, 4.69) is 74.5 Å². The Kier molecular flexibility index (Phi) is 9.52. The fourth-order valence-corrected chi connectivity index (χ4v) is 3.49. The van der Waals surface area contributed by atoms with Gasteiger partial charge in [-0.15, -0.1) is 34.2 Å². The van der Waals surface area contributed by atoms with Crippen molar-refractivity contribution >= 4 is 35.6 Å². The number of hydrogen-bond donors (Lipinski definition) is 2. The number of guanidine groups is 1. The van der Waals surface area contributed by atoms with Crippen molar-refractivity contribution in [2.75, 3.05) is 31.1 Å². The molecule has 1 aromatic carbocycles. The molecule has 28 heavy (non-hydrogen) atoms. The second-order valence-electron chi connectivity index (χ2n) is 6.82. The van der Waals surface area contributed by atoms with Gasteiger partial charge in [-0.1, -0.05) is 25.1 Å². The van der Waals surface area contributed by atoms with Crippen LogP contribution in [0.5, 0.6) is 0 Å². The molecule has 2 N–H and O–H groups in total. The highest BCUT2D eigenvalue weighted by Crippen LogP contribution is 2.19. The second kappa shape index (κ2) is 11.9. The van der Waals surface area contributed by atoms with Crippen LogP contribution in [0, 0.1) is 0 Å². The highest BCUT2D eigenvalue weighted by Gasteiger charge is 2.20. The maximum Gasteiger partial charge on any atom is 0.191 e. The Morgan fingerprint density at radius 3 is 2.82 bits per heavy atom. The van der Waals surface area contributed by atoms with Crippen molar-refractivity contribution in [2.24, 2.45) is 4.99 Å². The van der Waals surface area contributed by atoms with E-state index >= 15 is 0 Å². The smallest absolute Gasteiger partial charge is 0.191 e. The minimum absolute atomic E-state index is 0. The molecule has 1 aromatic heterocycles.